The van der Waals surface area contributed by atoms with Gasteiger partial charge in [0.1, 0.15) is 0 Å². The number of thiocarbonyl (C=S) groups is 1. The van der Waals surface area contributed by atoms with Crippen LogP contribution in [-0.2, 0) is 12.8 Å². The molecule has 1 heterocycles. The van der Waals surface area contributed by atoms with Crippen molar-refractivity contribution in [1.29, 1.82) is 0 Å². The Morgan fingerprint density at radius 1 is 0.864 bits per heavy atom. The molecule has 0 fully saturated rings. The van der Waals surface area contributed by atoms with E-state index in [4.69, 9.17) is 21.7 Å². The molecular weight excluding hydrogens is 296 g/mol. The molecule has 4 nitrogen and oxygen atoms in total. The van der Waals surface area contributed by atoms with Crippen molar-refractivity contribution in [1.82, 2.24) is 0 Å². The largest absolute Gasteiger partial charge is 0.454 e. The Bertz CT molecular complexity index is 684. The summed E-state index contributed by atoms with van der Waals surface area (Å²) in [5.74, 6) is 1.51. The van der Waals surface area contributed by atoms with E-state index in [2.05, 4.69) is 28.8 Å². The first-order chi connectivity index (χ1) is 10.8. The van der Waals surface area contributed by atoms with Crippen LogP contribution < -0.4 is 20.1 Å². The van der Waals surface area contributed by atoms with Gasteiger partial charge >= 0.3 is 0 Å². The van der Waals surface area contributed by atoms with Crippen LogP contribution in [0, 0.1) is 0 Å². The van der Waals surface area contributed by atoms with Crippen LogP contribution in [0.25, 0.3) is 0 Å². The molecule has 0 saturated carbocycles. The van der Waals surface area contributed by atoms with Gasteiger partial charge < -0.3 is 20.1 Å². The van der Waals surface area contributed by atoms with Gasteiger partial charge in [-0.25, -0.2) is 0 Å². The van der Waals surface area contributed by atoms with Gasteiger partial charge in [0.25, 0.3) is 0 Å². The minimum absolute atomic E-state index is 0.274. The molecule has 0 radical (unpaired) electrons. The van der Waals surface area contributed by atoms with Crippen molar-refractivity contribution in [3.05, 3.63) is 47.5 Å². The lowest BCUT2D eigenvalue weighted by atomic mass is 10.1. The SMILES string of the molecule is S=C(Nc1ccc2c(c1)CCC2)Nc1ccc2c(c1)OCO2. The van der Waals surface area contributed by atoms with Gasteiger partial charge in [0.15, 0.2) is 16.6 Å². The van der Waals surface area contributed by atoms with E-state index >= 15 is 0 Å². The van der Waals surface area contributed by atoms with Crippen molar-refractivity contribution in [3.8, 4) is 11.5 Å². The summed E-state index contributed by atoms with van der Waals surface area (Å²) < 4.78 is 10.7. The van der Waals surface area contributed by atoms with Crippen molar-refractivity contribution in [3.63, 3.8) is 0 Å². The summed E-state index contributed by atoms with van der Waals surface area (Å²) in [6.07, 6.45) is 3.60. The first-order valence-corrected chi connectivity index (χ1v) is 7.78. The van der Waals surface area contributed by atoms with Gasteiger partial charge in [-0.15, -0.1) is 0 Å². The Hall–Kier alpha value is -2.27. The van der Waals surface area contributed by atoms with Crippen LogP contribution in [0.5, 0.6) is 11.5 Å². The van der Waals surface area contributed by atoms with Gasteiger partial charge in [-0.3, -0.25) is 0 Å². The second kappa shape index (κ2) is 5.50. The molecule has 0 unspecified atom stereocenters. The standard InChI is InChI=1S/C17H16N2O2S/c22-17(18-13-5-4-11-2-1-3-12(11)8-13)19-14-6-7-15-16(9-14)21-10-20-15/h4-9H,1-3,10H2,(H2,18,19,22). The summed E-state index contributed by atoms with van der Waals surface area (Å²) in [6, 6.07) is 12.1. The summed E-state index contributed by atoms with van der Waals surface area (Å²) in [5.41, 5.74) is 4.79. The molecule has 0 spiro atoms. The molecule has 1 aliphatic carbocycles. The Balaban J connectivity index is 1.44. The molecule has 0 saturated heterocycles. The van der Waals surface area contributed by atoms with Crippen LogP contribution in [0.2, 0.25) is 0 Å². The highest BCUT2D eigenvalue weighted by Gasteiger charge is 2.14. The minimum Gasteiger partial charge on any atom is -0.454 e. The fourth-order valence-corrected chi connectivity index (χ4v) is 3.15. The third-order valence-corrected chi connectivity index (χ3v) is 4.19. The maximum Gasteiger partial charge on any atom is 0.231 e. The highest BCUT2D eigenvalue weighted by Crippen LogP contribution is 2.34. The zero-order valence-electron chi connectivity index (χ0n) is 12.0. The number of anilines is 2. The van der Waals surface area contributed by atoms with E-state index in [1.807, 2.05) is 18.2 Å². The number of rotatable bonds is 2. The van der Waals surface area contributed by atoms with Crippen molar-refractivity contribution in [2.24, 2.45) is 0 Å². The fourth-order valence-electron chi connectivity index (χ4n) is 2.92. The first kappa shape index (κ1) is 13.4. The molecule has 2 aromatic rings. The number of nitrogens with one attached hydrogen (secondary N) is 2. The maximum absolute atomic E-state index is 5.38. The van der Waals surface area contributed by atoms with E-state index in [1.54, 1.807) is 0 Å². The zero-order chi connectivity index (χ0) is 14.9. The van der Waals surface area contributed by atoms with Gasteiger partial charge in [-0.05, 0) is 66.9 Å². The second-order valence-electron chi connectivity index (χ2n) is 5.48. The fraction of sp³-hybridized carbons (Fsp3) is 0.235. The van der Waals surface area contributed by atoms with Gasteiger partial charge in [0.2, 0.25) is 6.79 Å². The first-order valence-electron chi connectivity index (χ1n) is 7.37. The van der Waals surface area contributed by atoms with Gasteiger partial charge in [-0.1, -0.05) is 6.07 Å². The zero-order valence-corrected chi connectivity index (χ0v) is 12.8. The van der Waals surface area contributed by atoms with E-state index in [0.717, 1.165) is 29.3 Å². The molecular formula is C17H16N2O2S. The monoisotopic (exact) mass is 312 g/mol. The number of ether oxygens (including phenoxy) is 2. The van der Waals surface area contributed by atoms with E-state index in [1.165, 1.54) is 24.0 Å². The Morgan fingerprint density at radius 2 is 1.59 bits per heavy atom. The molecule has 0 amide bonds. The number of fused-ring (bicyclic) bond motifs is 2. The Labute approximate surface area is 134 Å². The van der Waals surface area contributed by atoms with Crippen molar-refractivity contribution in [2.75, 3.05) is 17.4 Å². The van der Waals surface area contributed by atoms with Gasteiger partial charge in [0.05, 0.1) is 0 Å². The second-order valence-corrected chi connectivity index (χ2v) is 5.89. The molecule has 0 aromatic heterocycles. The maximum atomic E-state index is 5.38. The number of benzene rings is 2. The normalized spacial score (nSPS) is 14.5. The molecule has 112 valence electrons. The Kier molecular flexibility index (Phi) is 3.35. The van der Waals surface area contributed by atoms with Gasteiger partial charge in [-0.2, -0.15) is 0 Å². The lowest BCUT2D eigenvalue weighted by Gasteiger charge is -2.12. The predicted octanol–water partition coefficient (Wildman–Crippen LogP) is 3.71. The number of hydrogen-bond donors (Lipinski definition) is 2. The quantitative estimate of drug-likeness (QED) is 0.828. The van der Waals surface area contributed by atoms with Crippen LogP contribution in [0.15, 0.2) is 36.4 Å². The molecule has 2 N–H and O–H groups in total. The van der Waals surface area contributed by atoms with E-state index in [9.17, 15) is 0 Å². The van der Waals surface area contributed by atoms with Crippen molar-refractivity contribution >= 4 is 28.7 Å². The van der Waals surface area contributed by atoms with E-state index < -0.39 is 0 Å². The lowest BCUT2D eigenvalue weighted by molar-refractivity contribution is 0.174. The van der Waals surface area contributed by atoms with Crippen LogP contribution in [0.4, 0.5) is 11.4 Å². The van der Waals surface area contributed by atoms with Crippen LogP contribution in [-0.4, -0.2) is 11.9 Å². The van der Waals surface area contributed by atoms with E-state index in [0.29, 0.717) is 5.11 Å². The van der Waals surface area contributed by atoms with Crippen molar-refractivity contribution < 1.29 is 9.47 Å². The molecule has 0 bridgehead atoms. The average Bonchev–Trinajstić information content (AvgIpc) is 3.14. The van der Waals surface area contributed by atoms with Crippen LogP contribution in [0.1, 0.15) is 17.5 Å². The molecule has 2 aliphatic rings. The summed E-state index contributed by atoms with van der Waals surface area (Å²) in [4.78, 5) is 0. The summed E-state index contributed by atoms with van der Waals surface area (Å²) in [6.45, 7) is 0.274. The van der Waals surface area contributed by atoms with E-state index in [-0.39, 0.29) is 6.79 Å². The number of hydrogen-bond acceptors (Lipinski definition) is 3. The Morgan fingerprint density at radius 3 is 2.50 bits per heavy atom. The highest BCUT2D eigenvalue weighted by molar-refractivity contribution is 7.80. The predicted molar refractivity (Wildman–Crippen MR) is 90.9 cm³/mol. The molecule has 22 heavy (non-hydrogen) atoms. The van der Waals surface area contributed by atoms with Crippen LogP contribution >= 0.6 is 12.2 Å². The molecule has 4 rings (SSSR count). The smallest absolute Gasteiger partial charge is 0.231 e. The average molecular weight is 312 g/mol. The van der Waals surface area contributed by atoms with Crippen molar-refractivity contribution in [2.45, 2.75) is 19.3 Å². The van der Waals surface area contributed by atoms with Crippen LogP contribution in [0.3, 0.4) is 0 Å². The summed E-state index contributed by atoms with van der Waals surface area (Å²) in [7, 11) is 0. The molecule has 2 aromatic carbocycles. The third-order valence-electron chi connectivity index (χ3n) is 3.99. The third kappa shape index (κ3) is 2.60. The lowest BCUT2D eigenvalue weighted by Crippen LogP contribution is -2.19. The summed E-state index contributed by atoms with van der Waals surface area (Å²) in [5, 5.41) is 6.98. The molecule has 5 heteroatoms. The topological polar surface area (TPSA) is 42.5 Å². The highest BCUT2D eigenvalue weighted by atomic mass is 32.1. The molecule has 1 aliphatic heterocycles. The van der Waals surface area contributed by atoms with Gasteiger partial charge in [0, 0.05) is 17.4 Å². The number of aryl methyl sites for hydroxylation is 2. The molecule has 0 atom stereocenters. The summed E-state index contributed by atoms with van der Waals surface area (Å²) >= 11 is 5.38. The minimum atomic E-state index is 0.274.